The van der Waals surface area contributed by atoms with E-state index < -0.39 is 0 Å². The van der Waals surface area contributed by atoms with Crippen molar-refractivity contribution in [3.63, 3.8) is 0 Å². The second-order valence-corrected chi connectivity index (χ2v) is 7.11. The van der Waals surface area contributed by atoms with Crippen LogP contribution < -0.4 is 0 Å². The van der Waals surface area contributed by atoms with Crippen molar-refractivity contribution >= 4 is 0 Å². The van der Waals surface area contributed by atoms with Crippen LogP contribution in [0.2, 0.25) is 0 Å². The zero-order valence-electron chi connectivity index (χ0n) is 14.5. The quantitative estimate of drug-likeness (QED) is 0.743. The monoisotopic (exact) mass is 311 g/mol. The van der Waals surface area contributed by atoms with Gasteiger partial charge < -0.3 is 9.32 Å². The van der Waals surface area contributed by atoms with Gasteiger partial charge in [-0.2, -0.15) is 0 Å². The average molecular weight is 311 g/mol. The number of hydrogen-bond acceptors (Lipinski definition) is 2. The van der Waals surface area contributed by atoms with E-state index in [-0.39, 0.29) is 0 Å². The second kappa shape index (κ2) is 7.83. The molecule has 2 nitrogen and oxygen atoms in total. The number of piperidine rings is 1. The summed E-state index contributed by atoms with van der Waals surface area (Å²) in [7, 11) is 0. The Morgan fingerprint density at radius 3 is 2.48 bits per heavy atom. The van der Waals surface area contributed by atoms with E-state index in [1.807, 2.05) is 6.92 Å². The lowest BCUT2D eigenvalue weighted by Crippen LogP contribution is -2.35. The Bertz CT molecular complexity index is 581. The molecule has 0 spiro atoms. The summed E-state index contributed by atoms with van der Waals surface area (Å²) in [5.41, 5.74) is 1.49. The smallest absolute Gasteiger partial charge is 0.107 e. The van der Waals surface area contributed by atoms with Gasteiger partial charge in [0.25, 0.3) is 0 Å². The Morgan fingerprint density at radius 1 is 1.09 bits per heavy atom. The van der Waals surface area contributed by atoms with E-state index in [2.05, 4.69) is 54.3 Å². The SMILES string of the molecule is Cc1ccc([C@@H](C)CCN2CCC(Cc3ccccc3)CC2)o1. The van der Waals surface area contributed by atoms with Crippen molar-refractivity contribution in [1.82, 2.24) is 4.90 Å². The number of aryl methyl sites for hydroxylation is 1. The first-order valence-electron chi connectivity index (χ1n) is 9.03. The van der Waals surface area contributed by atoms with Crippen LogP contribution in [0, 0.1) is 12.8 Å². The minimum atomic E-state index is 0.519. The highest BCUT2D eigenvalue weighted by Crippen LogP contribution is 2.25. The molecule has 2 aromatic rings. The fourth-order valence-corrected chi connectivity index (χ4v) is 3.60. The summed E-state index contributed by atoms with van der Waals surface area (Å²) in [6.07, 6.45) is 5.11. The fourth-order valence-electron chi connectivity index (χ4n) is 3.60. The van der Waals surface area contributed by atoms with Gasteiger partial charge in [0.15, 0.2) is 0 Å². The molecule has 1 aromatic carbocycles. The molecule has 1 aliphatic heterocycles. The van der Waals surface area contributed by atoms with Gasteiger partial charge in [0.1, 0.15) is 11.5 Å². The molecule has 2 heterocycles. The molecule has 124 valence electrons. The third-order valence-corrected chi connectivity index (χ3v) is 5.20. The van der Waals surface area contributed by atoms with Gasteiger partial charge in [-0.1, -0.05) is 37.3 Å². The first-order chi connectivity index (χ1) is 11.2. The van der Waals surface area contributed by atoms with Crippen LogP contribution in [-0.4, -0.2) is 24.5 Å². The molecule has 0 N–H and O–H groups in total. The number of furan rings is 1. The van der Waals surface area contributed by atoms with Crippen LogP contribution in [0.5, 0.6) is 0 Å². The summed E-state index contributed by atoms with van der Waals surface area (Å²) in [5.74, 6) is 3.54. The Morgan fingerprint density at radius 2 is 1.83 bits per heavy atom. The lowest BCUT2D eigenvalue weighted by Gasteiger charge is -2.32. The zero-order valence-corrected chi connectivity index (χ0v) is 14.5. The highest BCUT2D eigenvalue weighted by molar-refractivity contribution is 5.15. The van der Waals surface area contributed by atoms with Gasteiger partial charge in [-0.25, -0.2) is 0 Å². The molecule has 2 heteroatoms. The Balaban J connectivity index is 1.39. The van der Waals surface area contributed by atoms with E-state index in [0.717, 1.165) is 17.4 Å². The van der Waals surface area contributed by atoms with Crippen LogP contribution in [0.25, 0.3) is 0 Å². The standard InChI is InChI=1S/C21H29NO/c1-17(21-9-8-18(2)23-21)10-13-22-14-11-20(12-15-22)16-19-6-4-3-5-7-19/h3-9,17,20H,10-16H2,1-2H3/t17-/m0/s1. The largest absolute Gasteiger partial charge is 0.466 e. The number of benzene rings is 1. The predicted octanol–water partition coefficient (Wildman–Crippen LogP) is 5.04. The first-order valence-corrected chi connectivity index (χ1v) is 9.03. The van der Waals surface area contributed by atoms with Gasteiger partial charge in [0, 0.05) is 5.92 Å². The Kier molecular flexibility index (Phi) is 5.56. The van der Waals surface area contributed by atoms with Gasteiger partial charge >= 0.3 is 0 Å². The highest BCUT2D eigenvalue weighted by atomic mass is 16.3. The van der Waals surface area contributed by atoms with Crippen molar-refractivity contribution in [3.8, 4) is 0 Å². The lowest BCUT2D eigenvalue weighted by atomic mass is 9.90. The van der Waals surface area contributed by atoms with Gasteiger partial charge in [-0.15, -0.1) is 0 Å². The van der Waals surface area contributed by atoms with Gasteiger partial charge in [-0.3, -0.25) is 0 Å². The molecule has 1 saturated heterocycles. The molecule has 0 radical (unpaired) electrons. The van der Waals surface area contributed by atoms with E-state index in [0.29, 0.717) is 5.92 Å². The predicted molar refractivity (Wildman–Crippen MR) is 95.8 cm³/mol. The molecule has 23 heavy (non-hydrogen) atoms. The van der Waals surface area contributed by atoms with Crippen molar-refractivity contribution in [2.45, 2.75) is 45.4 Å². The van der Waals surface area contributed by atoms with Gasteiger partial charge in [0.2, 0.25) is 0 Å². The van der Waals surface area contributed by atoms with Crippen LogP contribution in [0.15, 0.2) is 46.9 Å². The van der Waals surface area contributed by atoms with Crippen LogP contribution >= 0.6 is 0 Å². The molecule has 3 rings (SSSR count). The van der Waals surface area contributed by atoms with Crippen molar-refractivity contribution in [1.29, 1.82) is 0 Å². The summed E-state index contributed by atoms with van der Waals surface area (Å²) in [6.45, 7) is 8.00. The molecule has 0 bridgehead atoms. The topological polar surface area (TPSA) is 16.4 Å². The molecule has 1 aliphatic rings. The zero-order chi connectivity index (χ0) is 16.1. The molecule has 1 fully saturated rings. The maximum atomic E-state index is 5.75. The Hall–Kier alpha value is -1.54. The minimum absolute atomic E-state index is 0.519. The molecule has 1 aromatic heterocycles. The number of rotatable bonds is 6. The van der Waals surface area contributed by atoms with E-state index in [1.54, 1.807) is 0 Å². The maximum absolute atomic E-state index is 5.75. The highest BCUT2D eigenvalue weighted by Gasteiger charge is 2.20. The molecular weight excluding hydrogens is 282 g/mol. The van der Waals surface area contributed by atoms with Crippen molar-refractivity contribution in [3.05, 3.63) is 59.5 Å². The number of nitrogens with zero attached hydrogens (tertiary/aromatic N) is 1. The fraction of sp³-hybridized carbons (Fsp3) is 0.524. The average Bonchev–Trinajstić information content (AvgIpc) is 3.01. The molecule has 1 atom stereocenters. The number of likely N-dealkylation sites (tertiary alicyclic amines) is 1. The minimum Gasteiger partial charge on any atom is -0.466 e. The van der Waals surface area contributed by atoms with Crippen molar-refractivity contribution in [2.75, 3.05) is 19.6 Å². The third-order valence-electron chi connectivity index (χ3n) is 5.20. The molecule has 0 amide bonds. The summed E-state index contributed by atoms with van der Waals surface area (Å²) in [6, 6.07) is 15.1. The first kappa shape index (κ1) is 16.3. The molecule has 0 aliphatic carbocycles. The normalized spacial score (nSPS) is 18.2. The van der Waals surface area contributed by atoms with E-state index in [1.165, 1.54) is 50.9 Å². The third kappa shape index (κ3) is 4.71. The molecule has 0 saturated carbocycles. The maximum Gasteiger partial charge on any atom is 0.107 e. The van der Waals surface area contributed by atoms with Gasteiger partial charge in [-0.05, 0) is 75.9 Å². The molecule has 0 unspecified atom stereocenters. The van der Waals surface area contributed by atoms with Crippen molar-refractivity contribution in [2.24, 2.45) is 5.92 Å². The van der Waals surface area contributed by atoms with Crippen LogP contribution in [0.1, 0.15) is 49.2 Å². The van der Waals surface area contributed by atoms with Crippen LogP contribution in [0.4, 0.5) is 0 Å². The van der Waals surface area contributed by atoms with Crippen LogP contribution in [0.3, 0.4) is 0 Å². The summed E-state index contributed by atoms with van der Waals surface area (Å²) < 4.78 is 5.75. The Labute approximate surface area is 140 Å². The summed E-state index contributed by atoms with van der Waals surface area (Å²) in [5, 5.41) is 0. The summed E-state index contributed by atoms with van der Waals surface area (Å²) in [4.78, 5) is 2.63. The van der Waals surface area contributed by atoms with E-state index in [4.69, 9.17) is 4.42 Å². The van der Waals surface area contributed by atoms with E-state index >= 15 is 0 Å². The second-order valence-electron chi connectivity index (χ2n) is 7.11. The van der Waals surface area contributed by atoms with Crippen LogP contribution in [-0.2, 0) is 6.42 Å². The van der Waals surface area contributed by atoms with E-state index in [9.17, 15) is 0 Å². The molecular formula is C21H29NO. The number of hydrogen-bond donors (Lipinski definition) is 0. The summed E-state index contributed by atoms with van der Waals surface area (Å²) >= 11 is 0. The lowest BCUT2D eigenvalue weighted by molar-refractivity contribution is 0.178. The van der Waals surface area contributed by atoms with Gasteiger partial charge in [0.05, 0.1) is 0 Å². The van der Waals surface area contributed by atoms with Crippen molar-refractivity contribution < 1.29 is 4.42 Å².